The first-order valence-corrected chi connectivity index (χ1v) is 8.67. The molecule has 132 valence electrons. The van der Waals surface area contributed by atoms with Crippen LogP contribution in [0.25, 0.3) is 0 Å². The van der Waals surface area contributed by atoms with Crippen molar-refractivity contribution in [2.45, 2.75) is 91.9 Å². The molecule has 0 aliphatic heterocycles. The summed E-state index contributed by atoms with van der Waals surface area (Å²) < 4.78 is 0. The second kappa shape index (κ2) is 12.3. The Balaban J connectivity index is 0. The van der Waals surface area contributed by atoms with E-state index in [1.807, 2.05) is 0 Å². The van der Waals surface area contributed by atoms with E-state index in [1.165, 1.54) is 32.1 Å². The number of hydrogen-bond acceptors (Lipinski definition) is 2. The van der Waals surface area contributed by atoms with Gasteiger partial charge in [0.05, 0.1) is 0 Å². The summed E-state index contributed by atoms with van der Waals surface area (Å²) in [5, 5.41) is 18.9. The molecule has 0 unspecified atom stereocenters. The quantitative estimate of drug-likeness (QED) is 0.313. The van der Waals surface area contributed by atoms with Crippen molar-refractivity contribution in [2.24, 2.45) is 10.8 Å². The van der Waals surface area contributed by atoms with Gasteiger partial charge in [0.1, 0.15) is 0 Å². The molecule has 2 N–H and O–H groups in total. The summed E-state index contributed by atoms with van der Waals surface area (Å²) >= 11 is 0. The summed E-state index contributed by atoms with van der Waals surface area (Å²) in [4.78, 5) is 23.2. The zero-order chi connectivity index (χ0) is 17.2. The summed E-state index contributed by atoms with van der Waals surface area (Å²) in [6, 6.07) is 0. The number of aliphatic carboxylic acids is 2. The Bertz CT molecular complexity index is 333. The molecule has 0 bridgehead atoms. The van der Waals surface area contributed by atoms with Gasteiger partial charge in [-0.05, 0) is 11.8 Å². The molecular weight excluding hydrogens is 303 g/mol. The van der Waals surface area contributed by atoms with Crippen molar-refractivity contribution < 1.29 is 19.8 Å². The third-order valence-corrected chi connectivity index (χ3v) is 4.67. The fourth-order valence-electron chi connectivity index (χ4n) is 3.02. The van der Waals surface area contributed by atoms with Gasteiger partial charge in [0, 0.05) is 0 Å². The molecule has 4 nitrogen and oxygen atoms in total. The second-order valence-electron chi connectivity index (χ2n) is 7.34. The van der Waals surface area contributed by atoms with Crippen molar-refractivity contribution in [3.8, 4) is 0 Å². The maximum atomic E-state index is 11.6. The van der Waals surface area contributed by atoms with E-state index in [1.54, 1.807) is 20.8 Å². The predicted molar refractivity (Wildman–Crippen MR) is 96.2 cm³/mol. The Morgan fingerprint density at radius 2 is 1.09 bits per heavy atom. The van der Waals surface area contributed by atoms with Gasteiger partial charge in [-0.25, -0.2) is 0 Å². The molecule has 0 amide bonds. The fraction of sp³-hybridized carbons (Fsp3) is 0.889. The summed E-state index contributed by atoms with van der Waals surface area (Å²) in [7, 11) is 0. The third-order valence-electron chi connectivity index (χ3n) is 4.67. The molecule has 0 aliphatic carbocycles. The molecule has 23 heavy (non-hydrogen) atoms. The van der Waals surface area contributed by atoms with Gasteiger partial charge in [0.15, 0.2) is 5.41 Å². The van der Waals surface area contributed by atoms with Crippen molar-refractivity contribution in [3.05, 3.63) is 0 Å². The Morgan fingerprint density at radius 3 is 1.39 bits per heavy atom. The molecule has 0 aliphatic rings. The van der Waals surface area contributed by atoms with Gasteiger partial charge in [0.25, 0.3) is 0 Å². The first kappa shape index (κ1) is 25.2. The second-order valence-corrected chi connectivity index (χ2v) is 7.34. The van der Waals surface area contributed by atoms with Gasteiger partial charge < -0.3 is 10.2 Å². The first-order valence-electron chi connectivity index (χ1n) is 8.67. The van der Waals surface area contributed by atoms with Crippen LogP contribution in [0.15, 0.2) is 0 Å². The van der Waals surface area contributed by atoms with Crippen LogP contribution in [-0.2, 0) is 9.59 Å². The van der Waals surface area contributed by atoms with Crippen LogP contribution in [0, 0.1) is 10.8 Å². The van der Waals surface area contributed by atoms with Crippen LogP contribution >= 0.6 is 0 Å². The number of rotatable bonds is 12. The number of unbranched alkanes of at least 4 members (excludes halogenated alkanes) is 8. The standard InChI is InChI=1S/C18H34O4.Na.H/c1-5-6-7-8-9-10-11-12-13-14-18(15(19)20,16(21)22)17(2,3)4;;/h5-14H2,1-4H3,(H,19,20)(H,21,22);;. The zero-order valence-corrected chi connectivity index (χ0v) is 14.8. The first-order chi connectivity index (χ1) is 10.2. The Kier molecular flexibility index (Phi) is 13.5. The van der Waals surface area contributed by atoms with E-state index >= 15 is 0 Å². The fourth-order valence-corrected chi connectivity index (χ4v) is 3.02. The molecule has 0 saturated carbocycles. The molecule has 0 atom stereocenters. The van der Waals surface area contributed by atoms with E-state index in [-0.39, 0.29) is 36.0 Å². The van der Waals surface area contributed by atoms with Crippen molar-refractivity contribution in [2.75, 3.05) is 0 Å². The zero-order valence-electron chi connectivity index (χ0n) is 14.8. The van der Waals surface area contributed by atoms with Crippen LogP contribution in [-0.4, -0.2) is 51.7 Å². The molecule has 0 radical (unpaired) electrons. The monoisotopic (exact) mass is 338 g/mol. The molecule has 0 aromatic heterocycles. The van der Waals surface area contributed by atoms with E-state index in [4.69, 9.17) is 0 Å². The SMILES string of the molecule is CCCCCCCCCCCC(C(=O)O)(C(=O)O)C(C)(C)C.[NaH]. The molecule has 0 aromatic carbocycles. The van der Waals surface area contributed by atoms with Crippen molar-refractivity contribution in [1.82, 2.24) is 0 Å². The Morgan fingerprint density at radius 1 is 0.739 bits per heavy atom. The summed E-state index contributed by atoms with van der Waals surface area (Å²) in [5.74, 6) is -2.43. The summed E-state index contributed by atoms with van der Waals surface area (Å²) in [5.41, 5.74) is -2.49. The maximum absolute atomic E-state index is 11.6. The van der Waals surface area contributed by atoms with Crippen LogP contribution in [0.4, 0.5) is 0 Å². The molecule has 0 fully saturated rings. The van der Waals surface area contributed by atoms with E-state index < -0.39 is 22.8 Å². The van der Waals surface area contributed by atoms with Crippen LogP contribution in [0.3, 0.4) is 0 Å². The van der Waals surface area contributed by atoms with Crippen LogP contribution in [0.5, 0.6) is 0 Å². The molecular formula is C18H35NaO4. The Hall–Kier alpha value is -0.0600. The summed E-state index contributed by atoms with van der Waals surface area (Å²) in [6.07, 6.45) is 10.3. The average molecular weight is 338 g/mol. The van der Waals surface area contributed by atoms with Crippen LogP contribution in [0.1, 0.15) is 91.9 Å². The van der Waals surface area contributed by atoms with Crippen molar-refractivity contribution in [1.29, 1.82) is 0 Å². The molecule has 0 rings (SSSR count). The van der Waals surface area contributed by atoms with E-state index in [9.17, 15) is 19.8 Å². The van der Waals surface area contributed by atoms with Crippen molar-refractivity contribution >= 4 is 41.5 Å². The van der Waals surface area contributed by atoms with E-state index in [0.717, 1.165) is 19.3 Å². The van der Waals surface area contributed by atoms with Crippen LogP contribution < -0.4 is 0 Å². The molecule has 0 spiro atoms. The predicted octanol–water partition coefficient (Wildman–Crippen LogP) is 4.46. The number of hydrogen-bond donors (Lipinski definition) is 2. The van der Waals surface area contributed by atoms with Gasteiger partial charge >= 0.3 is 41.5 Å². The minimum absolute atomic E-state index is 0. The number of carboxylic acids is 2. The topological polar surface area (TPSA) is 74.6 Å². The summed E-state index contributed by atoms with van der Waals surface area (Å²) in [6.45, 7) is 7.29. The third kappa shape index (κ3) is 8.04. The van der Waals surface area contributed by atoms with Gasteiger partial charge in [0.2, 0.25) is 0 Å². The average Bonchev–Trinajstić information content (AvgIpc) is 2.38. The van der Waals surface area contributed by atoms with Gasteiger partial charge in [-0.15, -0.1) is 0 Å². The Labute approximate surface area is 163 Å². The molecule has 0 saturated heterocycles. The van der Waals surface area contributed by atoms with E-state index in [2.05, 4.69) is 6.92 Å². The van der Waals surface area contributed by atoms with Crippen molar-refractivity contribution in [3.63, 3.8) is 0 Å². The molecule has 0 aromatic rings. The normalized spacial score (nSPS) is 11.8. The minimum atomic E-state index is -1.69. The van der Waals surface area contributed by atoms with Gasteiger partial charge in [-0.3, -0.25) is 9.59 Å². The molecule has 0 heterocycles. The number of carboxylic acid groups (broad SMARTS) is 2. The molecule has 5 heteroatoms. The number of carbonyl (C=O) groups is 2. The van der Waals surface area contributed by atoms with Gasteiger partial charge in [-0.1, -0.05) is 85.5 Å². The van der Waals surface area contributed by atoms with Crippen LogP contribution in [0.2, 0.25) is 0 Å². The van der Waals surface area contributed by atoms with E-state index in [0.29, 0.717) is 6.42 Å². The van der Waals surface area contributed by atoms with Gasteiger partial charge in [-0.2, -0.15) is 0 Å².